The van der Waals surface area contributed by atoms with E-state index < -0.39 is 0 Å². The van der Waals surface area contributed by atoms with Crippen molar-refractivity contribution in [1.82, 2.24) is 30.0 Å². The Kier molecular flexibility index (Phi) is 4.97. The first-order valence-corrected chi connectivity index (χ1v) is 7.17. The molecular weight excluding hydrogens is 268 g/mol. The smallest absolute Gasteiger partial charge is 0.318 e. The number of aryl methyl sites for hydroxylation is 2. The highest BCUT2D eigenvalue weighted by Crippen LogP contribution is 2.04. The van der Waals surface area contributed by atoms with Gasteiger partial charge in [0.25, 0.3) is 0 Å². The molecule has 2 N–H and O–H groups in total. The Bertz CT molecular complexity index is 588. The lowest BCUT2D eigenvalue weighted by molar-refractivity contribution is 0.197. The van der Waals surface area contributed by atoms with Crippen molar-refractivity contribution in [2.24, 2.45) is 0 Å². The van der Waals surface area contributed by atoms with Crippen LogP contribution in [0, 0.1) is 6.92 Å². The zero-order valence-electron chi connectivity index (χ0n) is 12.8. The number of hydrogen-bond donors (Lipinski definition) is 2. The van der Waals surface area contributed by atoms with Crippen LogP contribution in [0.4, 0.5) is 4.79 Å². The molecule has 0 fully saturated rings. The summed E-state index contributed by atoms with van der Waals surface area (Å²) in [5.41, 5.74) is 2.02. The van der Waals surface area contributed by atoms with Crippen LogP contribution < -0.4 is 5.32 Å². The van der Waals surface area contributed by atoms with Gasteiger partial charge in [-0.2, -0.15) is 5.10 Å². The number of aromatic nitrogens is 4. The molecule has 2 aromatic rings. The van der Waals surface area contributed by atoms with E-state index in [0.717, 1.165) is 23.6 Å². The largest absolute Gasteiger partial charge is 0.345 e. The lowest BCUT2D eigenvalue weighted by Gasteiger charge is -2.20. The minimum absolute atomic E-state index is 0.101. The van der Waals surface area contributed by atoms with E-state index in [1.807, 2.05) is 31.6 Å². The van der Waals surface area contributed by atoms with E-state index in [1.54, 1.807) is 17.3 Å². The number of amides is 2. The lowest BCUT2D eigenvalue weighted by atomic mass is 10.3. The maximum Gasteiger partial charge on any atom is 0.318 e. The second-order valence-electron chi connectivity index (χ2n) is 4.89. The molecule has 2 heterocycles. The summed E-state index contributed by atoms with van der Waals surface area (Å²) < 4.78 is 1.85. The second-order valence-corrected chi connectivity index (χ2v) is 4.89. The number of nitrogens with one attached hydrogen (secondary N) is 2. The van der Waals surface area contributed by atoms with E-state index in [4.69, 9.17) is 0 Å². The zero-order valence-corrected chi connectivity index (χ0v) is 12.8. The van der Waals surface area contributed by atoms with Crippen LogP contribution in [0.1, 0.15) is 30.9 Å². The number of rotatable bonds is 6. The van der Waals surface area contributed by atoms with Crippen molar-refractivity contribution in [1.29, 1.82) is 0 Å². The number of carbonyl (C=O) groups is 1. The Balaban J connectivity index is 1.88. The fourth-order valence-corrected chi connectivity index (χ4v) is 2.04. The molecule has 0 bridgehead atoms. The highest BCUT2D eigenvalue weighted by molar-refractivity contribution is 5.74. The molecule has 0 aromatic carbocycles. The third-order valence-corrected chi connectivity index (χ3v) is 3.22. The highest BCUT2D eigenvalue weighted by Gasteiger charge is 2.13. The predicted octanol–water partition coefficient (Wildman–Crippen LogP) is 1.67. The highest BCUT2D eigenvalue weighted by atomic mass is 16.2. The predicted molar refractivity (Wildman–Crippen MR) is 79.5 cm³/mol. The standard InChI is InChI=1S/C14H22N6O/c1-4-19(9-12-7-17-20(5-2)10-12)14(21)16-8-13-15-6-11(3)18-13/h6-7,10H,4-5,8-9H2,1-3H3,(H,15,18)(H,16,21). The Morgan fingerprint density at radius 1 is 1.43 bits per heavy atom. The van der Waals surface area contributed by atoms with Crippen molar-refractivity contribution in [2.45, 2.75) is 40.4 Å². The molecule has 7 nitrogen and oxygen atoms in total. The molecule has 0 saturated heterocycles. The Morgan fingerprint density at radius 3 is 2.81 bits per heavy atom. The molecule has 0 saturated carbocycles. The SMILES string of the molecule is CCN(Cc1cnn(CC)c1)C(=O)NCc1ncc(C)[nH]1. The minimum atomic E-state index is -0.101. The summed E-state index contributed by atoms with van der Waals surface area (Å²) in [6.45, 7) is 8.35. The summed E-state index contributed by atoms with van der Waals surface area (Å²) in [6.07, 6.45) is 5.51. The number of carbonyl (C=O) groups excluding carboxylic acids is 1. The van der Waals surface area contributed by atoms with Crippen molar-refractivity contribution in [3.63, 3.8) is 0 Å². The average molecular weight is 290 g/mol. The maximum absolute atomic E-state index is 12.2. The number of imidazole rings is 1. The molecule has 0 aliphatic heterocycles. The summed E-state index contributed by atoms with van der Waals surface area (Å²) in [6, 6.07) is -0.101. The lowest BCUT2D eigenvalue weighted by Crippen LogP contribution is -2.39. The first kappa shape index (κ1) is 15.1. The molecule has 2 aromatic heterocycles. The molecule has 2 rings (SSSR count). The van der Waals surface area contributed by atoms with Crippen LogP contribution in [0.5, 0.6) is 0 Å². The van der Waals surface area contributed by atoms with Gasteiger partial charge < -0.3 is 15.2 Å². The molecule has 0 aliphatic rings. The first-order chi connectivity index (χ1) is 10.1. The molecule has 0 atom stereocenters. The molecule has 0 unspecified atom stereocenters. The van der Waals surface area contributed by atoms with Crippen LogP contribution in [-0.4, -0.2) is 37.2 Å². The van der Waals surface area contributed by atoms with E-state index in [2.05, 4.69) is 20.4 Å². The van der Waals surface area contributed by atoms with Gasteiger partial charge in [-0.25, -0.2) is 9.78 Å². The molecule has 7 heteroatoms. The topological polar surface area (TPSA) is 78.8 Å². The molecule has 114 valence electrons. The van der Waals surface area contributed by atoms with Crippen molar-refractivity contribution in [3.05, 3.63) is 35.7 Å². The number of hydrogen-bond acceptors (Lipinski definition) is 3. The number of aromatic amines is 1. The number of nitrogens with zero attached hydrogens (tertiary/aromatic N) is 4. The summed E-state index contributed by atoms with van der Waals surface area (Å²) in [5.74, 6) is 0.760. The van der Waals surface area contributed by atoms with E-state index in [0.29, 0.717) is 19.6 Å². The summed E-state index contributed by atoms with van der Waals surface area (Å²) in [7, 11) is 0. The normalized spacial score (nSPS) is 10.6. The molecular formula is C14H22N6O. The van der Waals surface area contributed by atoms with Gasteiger partial charge in [0, 0.05) is 36.7 Å². The molecule has 2 amide bonds. The zero-order chi connectivity index (χ0) is 15.2. The molecule has 0 spiro atoms. The fourth-order valence-electron chi connectivity index (χ4n) is 2.04. The number of H-pyrrole nitrogens is 1. The van der Waals surface area contributed by atoms with Gasteiger partial charge in [0.1, 0.15) is 5.82 Å². The van der Waals surface area contributed by atoms with Gasteiger partial charge in [-0.05, 0) is 20.8 Å². The van der Waals surface area contributed by atoms with Gasteiger partial charge >= 0.3 is 6.03 Å². The second kappa shape index (κ2) is 6.92. The Hall–Kier alpha value is -2.31. The van der Waals surface area contributed by atoms with E-state index in [-0.39, 0.29) is 6.03 Å². The Morgan fingerprint density at radius 2 is 2.24 bits per heavy atom. The van der Waals surface area contributed by atoms with Gasteiger partial charge in [-0.1, -0.05) is 0 Å². The first-order valence-electron chi connectivity index (χ1n) is 7.17. The van der Waals surface area contributed by atoms with Gasteiger partial charge in [0.15, 0.2) is 0 Å². The summed E-state index contributed by atoms with van der Waals surface area (Å²) >= 11 is 0. The third kappa shape index (κ3) is 4.08. The van der Waals surface area contributed by atoms with Crippen molar-refractivity contribution >= 4 is 6.03 Å². The van der Waals surface area contributed by atoms with E-state index in [9.17, 15) is 4.79 Å². The van der Waals surface area contributed by atoms with Crippen LogP contribution in [0.2, 0.25) is 0 Å². The summed E-state index contributed by atoms with van der Waals surface area (Å²) in [4.78, 5) is 21.2. The van der Waals surface area contributed by atoms with Crippen LogP contribution >= 0.6 is 0 Å². The molecule has 0 radical (unpaired) electrons. The van der Waals surface area contributed by atoms with Gasteiger partial charge in [-0.3, -0.25) is 4.68 Å². The van der Waals surface area contributed by atoms with E-state index >= 15 is 0 Å². The van der Waals surface area contributed by atoms with Crippen molar-refractivity contribution in [2.75, 3.05) is 6.54 Å². The third-order valence-electron chi connectivity index (χ3n) is 3.22. The minimum Gasteiger partial charge on any atom is -0.345 e. The van der Waals surface area contributed by atoms with Crippen molar-refractivity contribution in [3.8, 4) is 0 Å². The van der Waals surface area contributed by atoms with Crippen LogP contribution in [0.15, 0.2) is 18.6 Å². The van der Waals surface area contributed by atoms with Gasteiger partial charge in [0.2, 0.25) is 0 Å². The fraction of sp³-hybridized carbons (Fsp3) is 0.500. The summed E-state index contributed by atoms with van der Waals surface area (Å²) in [5, 5.41) is 7.09. The van der Waals surface area contributed by atoms with Gasteiger partial charge in [0.05, 0.1) is 19.3 Å². The van der Waals surface area contributed by atoms with Crippen LogP contribution in [0.25, 0.3) is 0 Å². The number of urea groups is 1. The molecule has 0 aliphatic carbocycles. The van der Waals surface area contributed by atoms with Crippen LogP contribution in [-0.2, 0) is 19.6 Å². The quantitative estimate of drug-likeness (QED) is 0.849. The Labute approximate surface area is 124 Å². The average Bonchev–Trinajstić information content (AvgIpc) is 3.10. The van der Waals surface area contributed by atoms with Gasteiger partial charge in [-0.15, -0.1) is 0 Å². The molecule has 21 heavy (non-hydrogen) atoms. The van der Waals surface area contributed by atoms with E-state index in [1.165, 1.54) is 0 Å². The maximum atomic E-state index is 12.2. The van der Waals surface area contributed by atoms with Crippen molar-refractivity contribution < 1.29 is 4.79 Å². The van der Waals surface area contributed by atoms with Crippen LogP contribution in [0.3, 0.4) is 0 Å². The monoisotopic (exact) mass is 290 g/mol.